The molecule has 3 aromatic heterocycles. The summed E-state index contributed by atoms with van der Waals surface area (Å²) >= 11 is 1.35. The van der Waals surface area contributed by atoms with Crippen LogP contribution in [0.25, 0.3) is 16.2 Å². The van der Waals surface area contributed by atoms with Gasteiger partial charge < -0.3 is 15.3 Å². The van der Waals surface area contributed by atoms with Gasteiger partial charge in [-0.1, -0.05) is 0 Å². The molecule has 0 radical (unpaired) electrons. The third kappa shape index (κ3) is 3.41. The molecular weight excluding hydrogens is 390 g/mol. The van der Waals surface area contributed by atoms with Crippen LogP contribution in [-0.4, -0.2) is 51.8 Å². The van der Waals surface area contributed by atoms with Crippen LogP contribution in [0.1, 0.15) is 16.8 Å². The molecule has 1 aliphatic rings. The highest BCUT2D eigenvalue weighted by Gasteiger charge is 2.23. The fourth-order valence-corrected chi connectivity index (χ4v) is 3.82. The lowest BCUT2D eigenvalue weighted by atomic mass is 10.2. The third-order valence-electron chi connectivity index (χ3n) is 4.61. The van der Waals surface area contributed by atoms with Crippen molar-refractivity contribution in [2.24, 2.45) is 0 Å². The zero-order valence-corrected chi connectivity index (χ0v) is 16.1. The molecule has 3 aromatic rings. The number of fused-ring (bicyclic) bond motifs is 1. The van der Waals surface area contributed by atoms with Gasteiger partial charge in [-0.15, -0.1) is 23.7 Å². The Hall–Kier alpha value is -2.49. The molecule has 27 heavy (non-hydrogen) atoms. The Bertz CT molecular complexity index is 1040. The Kier molecular flexibility index (Phi) is 5.45. The van der Waals surface area contributed by atoms with Gasteiger partial charge >= 0.3 is 5.97 Å². The molecule has 10 heteroatoms. The number of nitrogens with one attached hydrogen (secondary N) is 1. The van der Waals surface area contributed by atoms with Crippen molar-refractivity contribution in [3.05, 3.63) is 45.7 Å². The fourth-order valence-electron chi connectivity index (χ4n) is 3.21. The summed E-state index contributed by atoms with van der Waals surface area (Å²) in [4.78, 5) is 35.1. The topological polar surface area (TPSA) is 100 Å². The van der Waals surface area contributed by atoms with Gasteiger partial charge in [-0.05, 0) is 25.6 Å². The van der Waals surface area contributed by atoms with Crippen molar-refractivity contribution in [1.29, 1.82) is 0 Å². The first-order chi connectivity index (χ1) is 12.6. The predicted molar refractivity (Wildman–Crippen MR) is 107 cm³/mol. The molecule has 2 N–H and O–H groups in total. The lowest BCUT2D eigenvalue weighted by molar-refractivity contribution is 0.0695. The van der Waals surface area contributed by atoms with Crippen molar-refractivity contribution in [2.45, 2.75) is 12.5 Å². The summed E-state index contributed by atoms with van der Waals surface area (Å²) in [6, 6.07) is 3.84. The number of carboxylic acids is 1. The smallest absolute Gasteiger partial charge is 0.341 e. The van der Waals surface area contributed by atoms with Gasteiger partial charge in [0, 0.05) is 36.9 Å². The van der Waals surface area contributed by atoms with Gasteiger partial charge in [0.15, 0.2) is 10.8 Å². The van der Waals surface area contributed by atoms with E-state index in [1.807, 2.05) is 7.05 Å². The summed E-state index contributed by atoms with van der Waals surface area (Å²) in [5.41, 5.74) is -0.409. The molecule has 0 bridgehead atoms. The number of hydrogen-bond acceptors (Lipinski definition) is 7. The lowest BCUT2D eigenvalue weighted by Crippen LogP contribution is -2.30. The number of nitrogens with zero attached hydrogens (tertiary/aromatic N) is 4. The van der Waals surface area contributed by atoms with E-state index in [1.165, 1.54) is 17.5 Å². The minimum atomic E-state index is -1.26. The van der Waals surface area contributed by atoms with E-state index in [2.05, 4.69) is 20.2 Å². The molecule has 0 amide bonds. The maximum Gasteiger partial charge on any atom is 0.341 e. The van der Waals surface area contributed by atoms with E-state index < -0.39 is 11.4 Å². The molecule has 4 rings (SSSR count). The van der Waals surface area contributed by atoms with Crippen LogP contribution in [0.15, 0.2) is 34.7 Å². The number of likely N-dealkylation sites (N-methyl/N-ethyl adjacent to an activating group) is 1. The molecule has 0 aliphatic carbocycles. The number of halogens is 1. The molecule has 1 atom stereocenters. The van der Waals surface area contributed by atoms with Crippen LogP contribution in [-0.2, 0) is 0 Å². The van der Waals surface area contributed by atoms with E-state index >= 15 is 0 Å². The maximum atomic E-state index is 12.5. The van der Waals surface area contributed by atoms with E-state index in [0.717, 1.165) is 25.3 Å². The first-order valence-electron chi connectivity index (χ1n) is 8.20. The molecule has 8 nitrogen and oxygen atoms in total. The number of hydrogen-bond donors (Lipinski definition) is 2. The minimum absolute atomic E-state index is 0. The molecule has 1 saturated heterocycles. The van der Waals surface area contributed by atoms with Gasteiger partial charge in [-0.3, -0.25) is 9.36 Å². The molecule has 1 fully saturated rings. The number of aromatic nitrogens is 3. The zero-order valence-electron chi connectivity index (χ0n) is 14.5. The Labute approximate surface area is 164 Å². The third-order valence-corrected chi connectivity index (χ3v) is 5.38. The van der Waals surface area contributed by atoms with Gasteiger partial charge in [0.25, 0.3) is 0 Å². The molecule has 4 heterocycles. The Morgan fingerprint density at radius 2 is 2.22 bits per heavy atom. The molecule has 0 spiro atoms. The molecule has 1 aliphatic heterocycles. The number of rotatable bonds is 4. The quantitative estimate of drug-likeness (QED) is 0.679. The Morgan fingerprint density at radius 3 is 2.85 bits per heavy atom. The van der Waals surface area contributed by atoms with Gasteiger partial charge in [0.05, 0.1) is 5.39 Å². The largest absolute Gasteiger partial charge is 0.477 e. The predicted octanol–water partition coefficient (Wildman–Crippen LogP) is 1.76. The van der Waals surface area contributed by atoms with Crippen LogP contribution in [0.4, 0.5) is 5.82 Å². The van der Waals surface area contributed by atoms with Crippen molar-refractivity contribution >= 4 is 46.6 Å². The molecule has 0 aromatic carbocycles. The van der Waals surface area contributed by atoms with E-state index in [-0.39, 0.29) is 23.4 Å². The van der Waals surface area contributed by atoms with E-state index in [4.69, 9.17) is 0 Å². The SMILES string of the molecule is CNC1CCN(c2ccc3c(=O)c(C(=O)O)cn(-c4nccs4)c3n2)C1.Cl. The van der Waals surface area contributed by atoms with Crippen molar-refractivity contribution in [3.8, 4) is 5.13 Å². The second kappa shape index (κ2) is 7.63. The number of anilines is 1. The van der Waals surface area contributed by atoms with Crippen LogP contribution >= 0.6 is 23.7 Å². The molecular formula is C17H18ClN5O3S. The lowest BCUT2D eigenvalue weighted by Gasteiger charge is -2.18. The standard InChI is InChI=1S/C17H17N5O3S.ClH/c1-18-10-4-6-21(8-10)13-3-2-11-14(23)12(16(24)25)9-22(15(11)20-13)17-19-5-7-26-17;/h2-3,5,7,9-10,18H,4,6,8H2,1H3,(H,24,25);1H. The first kappa shape index (κ1) is 19.3. The van der Waals surface area contributed by atoms with Crippen molar-refractivity contribution < 1.29 is 9.90 Å². The summed E-state index contributed by atoms with van der Waals surface area (Å²) in [7, 11) is 1.94. The highest BCUT2D eigenvalue weighted by Crippen LogP contribution is 2.23. The number of carboxylic acid groups (broad SMARTS) is 1. The van der Waals surface area contributed by atoms with Gasteiger partial charge in [-0.2, -0.15) is 0 Å². The number of thiazole rings is 1. The van der Waals surface area contributed by atoms with Crippen LogP contribution in [0.2, 0.25) is 0 Å². The zero-order chi connectivity index (χ0) is 18.3. The Balaban J connectivity index is 0.00000210. The Morgan fingerprint density at radius 1 is 1.41 bits per heavy atom. The summed E-state index contributed by atoms with van der Waals surface area (Å²) in [5, 5.41) is 15.3. The van der Waals surface area contributed by atoms with Crippen LogP contribution in [0.3, 0.4) is 0 Å². The fraction of sp³-hybridized carbons (Fsp3) is 0.294. The van der Waals surface area contributed by atoms with Crippen LogP contribution < -0.4 is 15.6 Å². The summed E-state index contributed by atoms with van der Waals surface area (Å²) in [6.45, 7) is 1.71. The van der Waals surface area contributed by atoms with Crippen LogP contribution in [0.5, 0.6) is 0 Å². The maximum absolute atomic E-state index is 12.5. The number of carbonyl (C=O) groups is 1. The highest BCUT2D eigenvalue weighted by atomic mass is 35.5. The average molecular weight is 408 g/mol. The molecule has 0 saturated carbocycles. The van der Waals surface area contributed by atoms with Gasteiger partial charge in [0.2, 0.25) is 5.43 Å². The number of pyridine rings is 2. The molecule has 142 valence electrons. The summed E-state index contributed by atoms with van der Waals surface area (Å²) in [5.74, 6) is -0.495. The highest BCUT2D eigenvalue weighted by molar-refractivity contribution is 7.12. The average Bonchev–Trinajstić information content (AvgIpc) is 3.33. The second-order valence-corrected chi connectivity index (χ2v) is 7.00. The van der Waals surface area contributed by atoms with Crippen molar-refractivity contribution in [3.63, 3.8) is 0 Å². The van der Waals surface area contributed by atoms with Crippen molar-refractivity contribution in [2.75, 3.05) is 25.0 Å². The van der Waals surface area contributed by atoms with E-state index in [1.54, 1.807) is 28.3 Å². The normalized spacial score (nSPS) is 16.5. The summed E-state index contributed by atoms with van der Waals surface area (Å²) < 4.78 is 1.58. The number of aromatic carboxylic acids is 1. The van der Waals surface area contributed by atoms with Gasteiger partial charge in [-0.25, -0.2) is 14.8 Å². The van der Waals surface area contributed by atoms with Gasteiger partial charge in [0.1, 0.15) is 11.4 Å². The molecule has 1 unspecified atom stereocenters. The first-order valence-corrected chi connectivity index (χ1v) is 9.08. The summed E-state index contributed by atoms with van der Waals surface area (Å²) in [6.07, 6.45) is 3.96. The van der Waals surface area contributed by atoms with E-state index in [9.17, 15) is 14.7 Å². The monoisotopic (exact) mass is 407 g/mol. The van der Waals surface area contributed by atoms with E-state index in [0.29, 0.717) is 16.8 Å². The minimum Gasteiger partial charge on any atom is -0.477 e. The van der Waals surface area contributed by atoms with Crippen LogP contribution in [0, 0.1) is 0 Å². The second-order valence-electron chi connectivity index (χ2n) is 6.12. The van der Waals surface area contributed by atoms with Crippen molar-refractivity contribution in [1.82, 2.24) is 19.9 Å².